The number of rotatable bonds is 2. The minimum absolute atomic E-state index is 0.123. The highest BCUT2D eigenvalue weighted by atomic mass is 16.1. The van der Waals surface area contributed by atoms with Crippen LogP contribution in [-0.4, -0.2) is 13.1 Å². The summed E-state index contributed by atoms with van der Waals surface area (Å²) in [5, 5.41) is 0. The van der Waals surface area contributed by atoms with Crippen molar-refractivity contribution in [1.82, 2.24) is 0 Å². The van der Waals surface area contributed by atoms with Crippen LogP contribution in [0.1, 0.15) is 20.8 Å². The third-order valence-corrected chi connectivity index (χ3v) is 2.69. The number of carbonyl (C=O) groups is 1. The van der Waals surface area contributed by atoms with Crippen LogP contribution in [0.3, 0.4) is 0 Å². The van der Waals surface area contributed by atoms with Crippen molar-refractivity contribution >= 4 is 13.1 Å². The molecule has 0 atom stereocenters. The van der Waals surface area contributed by atoms with Gasteiger partial charge in [-0.3, -0.25) is 4.79 Å². The van der Waals surface area contributed by atoms with Crippen LogP contribution in [0.25, 0.3) is 0 Å². The van der Waals surface area contributed by atoms with Gasteiger partial charge in [-0.05, 0) is 13.8 Å². The first kappa shape index (κ1) is 12.5. The average molecular weight is 212 g/mol. The number of hydrogen-bond acceptors (Lipinski definition) is 1. The predicted molar refractivity (Wildman–Crippen MR) is 71.7 cm³/mol. The quantitative estimate of drug-likeness (QED) is 0.508. The first-order valence-corrected chi connectivity index (χ1v) is 5.51. The summed E-state index contributed by atoms with van der Waals surface area (Å²) in [6.45, 7) is 9.52. The van der Waals surface area contributed by atoms with Gasteiger partial charge in [0.25, 0.3) is 0 Å². The summed E-state index contributed by atoms with van der Waals surface area (Å²) < 4.78 is 0. The molecule has 1 aliphatic heterocycles. The fraction of sp³-hybridized carbons (Fsp3) is 0.214. The zero-order valence-corrected chi connectivity index (χ0v) is 10.2. The molecular formula is C14H17BO. The topological polar surface area (TPSA) is 17.1 Å². The lowest BCUT2D eigenvalue weighted by Gasteiger charge is -2.19. The lowest BCUT2D eigenvalue weighted by molar-refractivity contribution is -0.111. The summed E-state index contributed by atoms with van der Waals surface area (Å²) in [4.78, 5) is 12.2. The fourth-order valence-electron chi connectivity index (χ4n) is 1.95. The van der Waals surface area contributed by atoms with E-state index in [9.17, 15) is 4.79 Å². The van der Waals surface area contributed by atoms with Crippen molar-refractivity contribution < 1.29 is 4.79 Å². The molecule has 0 aromatic carbocycles. The van der Waals surface area contributed by atoms with Crippen LogP contribution in [0.2, 0.25) is 0 Å². The Morgan fingerprint density at radius 2 is 2.00 bits per heavy atom. The van der Waals surface area contributed by atoms with E-state index in [-0.39, 0.29) is 5.78 Å². The number of allylic oxidation sites excluding steroid dienone is 9. The van der Waals surface area contributed by atoms with Gasteiger partial charge in [0.1, 0.15) is 0 Å². The van der Waals surface area contributed by atoms with Crippen LogP contribution < -0.4 is 0 Å². The van der Waals surface area contributed by atoms with Crippen LogP contribution in [0.4, 0.5) is 0 Å². The Hall–Kier alpha value is -1.57. The van der Waals surface area contributed by atoms with E-state index < -0.39 is 0 Å². The molecule has 0 saturated heterocycles. The second-order valence-corrected chi connectivity index (χ2v) is 3.83. The molecule has 16 heavy (non-hydrogen) atoms. The third-order valence-electron chi connectivity index (χ3n) is 2.69. The molecule has 0 unspecified atom stereocenters. The van der Waals surface area contributed by atoms with Gasteiger partial charge in [0.15, 0.2) is 13.1 Å². The molecule has 0 aromatic rings. The van der Waals surface area contributed by atoms with E-state index in [4.69, 9.17) is 0 Å². The number of Topliss-reactive ketones (excluding diaryl/α,β-unsaturated/α-hetero) is 1. The van der Waals surface area contributed by atoms with E-state index in [1.807, 2.05) is 45.1 Å². The van der Waals surface area contributed by atoms with Crippen LogP contribution in [0.5, 0.6) is 0 Å². The maximum atomic E-state index is 12.2. The lowest BCUT2D eigenvalue weighted by atomic mass is 9.54. The summed E-state index contributed by atoms with van der Waals surface area (Å²) in [5.74, 6) is 0.123. The molecule has 1 heterocycles. The maximum Gasteiger partial charge on any atom is 0.191 e. The van der Waals surface area contributed by atoms with Crippen LogP contribution in [-0.2, 0) is 4.79 Å². The van der Waals surface area contributed by atoms with E-state index >= 15 is 0 Å². The SMILES string of the molecule is C=C/C=C1/BC(C)=C(/C=C\C)C(=O)/C1=C/C. The highest BCUT2D eigenvalue weighted by Crippen LogP contribution is 2.25. The summed E-state index contributed by atoms with van der Waals surface area (Å²) in [5.41, 5.74) is 3.82. The van der Waals surface area contributed by atoms with Crippen molar-refractivity contribution in [3.63, 3.8) is 0 Å². The molecule has 0 spiro atoms. The van der Waals surface area contributed by atoms with E-state index in [2.05, 4.69) is 6.58 Å². The molecule has 82 valence electrons. The second-order valence-electron chi connectivity index (χ2n) is 3.83. The first-order chi connectivity index (χ1) is 7.65. The van der Waals surface area contributed by atoms with E-state index in [1.54, 1.807) is 6.08 Å². The number of carbonyl (C=O) groups excluding carboxylic acids is 1. The Morgan fingerprint density at radius 3 is 2.50 bits per heavy atom. The van der Waals surface area contributed by atoms with E-state index in [0.29, 0.717) is 0 Å². The Balaban J connectivity index is 3.30. The molecule has 0 amide bonds. The van der Waals surface area contributed by atoms with Gasteiger partial charge < -0.3 is 0 Å². The smallest absolute Gasteiger partial charge is 0.191 e. The zero-order valence-electron chi connectivity index (χ0n) is 10.2. The van der Waals surface area contributed by atoms with Gasteiger partial charge in [-0.1, -0.05) is 54.8 Å². The van der Waals surface area contributed by atoms with Gasteiger partial charge in [-0.15, -0.1) is 0 Å². The van der Waals surface area contributed by atoms with Crippen molar-refractivity contribution in [3.05, 3.63) is 59.1 Å². The molecule has 0 N–H and O–H groups in total. The van der Waals surface area contributed by atoms with Crippen LogP contribution in [0.15, 0.2) is 59.1 Å². The van der Waals surface area contributed by atoms with Crippen molar-refractivity contribution in [2.45, 2.75) is 20.8 Å². The van der Waals surface area contributed by atoms with Gasteiger partial charge >= 0.3 is 0 Å². The lowest BCUT2D eigenvalue weighted by Crippen LogP contribution is -2.20. The summed E-state index contributed by atoms with van der Waals surface area (Å²) >= 11 is 0. The first-order valence-electron chi connectivity index (χ1n) is 5.51. The van der Waals surface area contributed by atoms with Crippen LogP contribution in [0, 0.1) is 0 Å². The molecule has 0 aliphatic carbocycles. The average Bonchev–Trinajstić information content (AvgIpc) is 2.25. The van der Waals surface area contributed by atoms with Gasteiger partial charge in [-0.2, -0.15) is 0 Å². The van der Waals surface area contributed by atoms with E-state index in [0.717, 1.165) is 29.4 Å². The van der Waals surface area contributed by atoms with Gasteiger partial charge in [0.2, 0.25) is 0 Å². The molecular weight excluding hydrogens is 195 g/mol. The predicted octanol–water partition coefficient (Wildman–Crippen LogP) is 2.87. The molecule has 1 aliphatic rings. The zero-order chi connectivity index (χ0) is 12.1. The second kappa shape index (κ2) is 5.50. The normalized spacial score (nSPS) is 22.1. The molecule has 1 nitrogen and oxygen atoms in total. The molecule has 1 rings (SSSR count). The number of ketones is 1. The monoisotopic (exact) mass is 212 g/mol. The summed E-state index contributed by atoms with van der Waals surface area (Å²) in [6, 6.07) is 0. The Morgan fingerprint density at radius 1 is 1.31 bits per heavy atom. The minimum atomic E-state index is 0.123. The van der Waals surface area contributed by atoms with Crippen molar-refractivity contribution in [2.24, 2.45) is 0 Å². The summed E-state index contributed by atoms with van der Waals surface area (Å²) in [7, 11) is 0.830. The Kier molecular flexibility index (Phi) is 4.30. The molecule has 0 radical (unpaired) electrons. The number of hydrogen-bond donors (Lipinski definition) is 0. The molecule has 0 fully saturated rings. The van der Waals surface area contributed by atoms with Crippen molar-refractivity contribution in [3.8, 4) is 0 Å². The maximum absolute atomic E-state index is 12.2. The van der Waals surface area contributed by atoms with Crippen molar-refractivity contribution in [2.75, 3.05) is 0 Å². The molecule has 0 bridgehead atoms. The highest BCUT2D eigenvalue weighted by Gasteiger charge is 2.24. The van der Waals surface area contributed by atoms with Crippen LogP contribution >= 0.6 is 0 Å². The molecule has 2 heteroatoms. The van der Waals surface area contributed by atoms with Gasteiger partial charge in [0.05, 0.1) is 0 Å². The largest absolute Gasteiger partial charge is 0.289 e. The standard InChI is InChI=1S/C14H17BO/c1-5-8-12-10(4)15-13(9-6-2)11(7-3)14(12)16/h5-9,15H,2H2,1,3-4H3/b8-5-,11-7+,13-9+. The third kappa shape index (κ3) is 2.33. The highest BCUT2D eigenvalue weighted by molar-refractivity contribution is 6.60. The summed E-state index contributed by atoms with van der Waals surface area (Å²) in [6.07, 6.45) is 9.34. The van der Waals surface area contributed by atoms with Gasteiger partial charge in [-0.25, -0.2) is 0 Å². The molecule has 0 saturated carbocycles. The minimum Gasteiger partial charge on any atom is -0.289 e. The Labute approximate surface area is 98.2 Å². The van der Waals surface area contributed by atoms with E-state index in [1.165, 1.54) is 0 Å². The Bertz CT molecular complexity index is 434. The fourth-order valence-corrected chi connectivity index (χ4v) is 1.95. The molecule has 0 aromatic heterocycles. The van der Waals surface area contributed by atoms with Crippen molar-refractivity contribution in [1.29, 1.82) is 0 Å². The van der Waals surface area contributed by atoms with Gasteiger partial charge in [0, 0.05) is 11.1 Å².